The summed E-state index contributed by atoms with van der Waals surface area (Å²) in [5.74, 6) is -3.10. The zero-order valence-electron chi connectivity index (χ0n) is 14.8. The van der Waals surface area contributed by atoms with E-state index in [2.05, 4.69) is 0 Å². The molecule has 0 spiro atoms. The lowest BCUT2D eigenvalue weighted by Crippen LogP contribution is -2.39. The highest BCUT2D eigenvalue weighted by molar-refractivity contribution is 6.65. The molecule has 2 aliphatic carbocycles. The summed E-state index contributed by atoms with van der Waals surface area (Å²) in [4.78, 5) is 31.1. The van der Waals surface area contributed by atoms with E-state index in [4.69, 9.17) is 83.8 Å². The molecule has 0 amide bonds. The SMILES string of the molecule is CC(=O)Oc1cc(OC(C)=O)c2c(c1OC(C)=O)C1(Cl)C(Cl)=C(Cl)C2(Cl)C1(Cl)Cl. The molecule has 29 heavy (non-hydrogen) atoms. The quantitative estimate of drug-likeness (QED) is 0.307. The largest absolute Gasteiger partial charge is 0.426 e. The molecule has 2 atom stereocenters. The van der Waals surface area contributed by atoms with Crippen LogP contribution in [0.4, 0.5) is 0 Å². The molecule has 0 aliphatic heterocycles. The third-order valence-corrected chi connectivity index (χ3v) is 8.39. The van der Waals surface area contributed by atoms with Gasteiger partial charge in [0.25, 0.3) is 0 Å². The van der Waals surface area contributed by atoms with Crippen LogP contribution in [0.5, 0.6) is 17.2 Å². The van der Waals surface area contributed by atoms with Gasteiger partial charge in [0.2, 0.25) is 0 Å². The summed E-state index contributed by atoms with van der Waals surface area (Å²) in [5, 5.41) is -0.425. The van der Waals surface area contributed by atoms with Gasteiger partial charge in [0.1, 0.15) is 15.5 Å². The van der Waals surface area contributed by atoms with Crippen molar-refractivity contribution < 1.29 is 28.6 Å². The zero-order chi connectivity index (χ0) is 22.1. The van der Waals surface area contributed by atoms with Gasteiger partial charge in [0.05, 0.1) is 10.1 Å². The Labute approximate surface area is 194 Å². The molecule has 0 heterocycles. The van der Waals surface area contributed by atoms with E-state index in [9.17, 15) is 14.4 Å². The van der Waals surface area contributed by atoms with Gasteiger partial charge in [-0.15, -0.1) is 23.2 Å². The van der Waals surface area contributed by atoms with Crippen molar-refractivity contribution in [1.29, 1.82) is 0 Å². The number of carbonyl (C=O) groups is 3. The van der Waals surface area contributed by atoms with Gasteiger partial charge in [0.15, 0.2) is 15.8 Å². The summed E-state index contributed by atoms with van der Waals surface area (Å²) in [6, 6.07) is 1.12. The minimum Gasteiger partial charge on any atom is -0.426 e. The van der Waals surface area contributed by atoms with Crippen molar-refractivity contribution in [2.75, 3.05) is 0 Å². The normalized spacial score (nSPS) is 26.2. The molecule has 1 aromatic carbocycles. The van der Waals surface area contributed by atoms with E-state index in [1.807, 2.05) is 0 Å². The second kappa shape index (κ2) is 7.08. The number of hydrogen-bond donors (Lipinski definition) is 0. The monoisotopic (exact) mass is 520 g/mol. The Kier molecular flexibility index (Phi) is 5.56. The minimum atomic E-state index is -2.10. The van der Waals surface area contributed by atoms with Gasteiger partial charge < -0.3 is 14.2 Å². The number of allylic oxidation sites excluding steroid dienone is 2. The summed E-state index contributed by atoms with van der Waals surface area (Å²) in [6.45, 7) is 3.34. The van der Waals surface area contributed by atoms with Gasteiger partial charge in [-0.3, -0.25) is 14.4 Å². The number of esters is 3. The Morgan fingerprint density at radius 3 is 1.59 bits per heavy atom. The lowest BCUT2D eigenvalue weighted by molar-refractivity contribution is -0.134. The van der Waals surface area contributed by atoms with E-state index in [0.717, 1.165) is 26.8 Å². The molecule has 0 N–H and O–H groups in total. The first kappa shape index (κ1) is 22.8. The smallest absolute Gasteiger partial charge is 0.308 e. The van der Waals surface area contributed by atoms with Crippen LogP contribution in [0, 0.1) is 0 Å². The molecule has 3 rings (SSSR count). The van der Waals surface area contributed by atoms with Crippen LogP contribution in [-0.4, -0.2) is 22.2 Å². The van der Waals surface area contributed by atoms with E-state index in [0.29, 0.717) is 0 Å². The molecular formula is C17H10Cl6O6. The minimum absolute atomic E-state index is 0.0454. The molecule has 0 saturated carbocycles. The lowest BCUT2D eigenvalue weighted by atomic mass is 9.93. The zero-order valence-corrected chi connectivity index (χ0v) is 19.3. The van der Waals surface area contributed by atoms with Crippen molar-refractivity contribution in [2.45, 2.75) is 34.9 Å². The number of benzene rings is 1. The Morgan fingerprint density at radius 2 is 1.14 bits per heavy atom. The summed E-state index contributed by atoms with van der Waals surface area (Å²) in [5.41, 5.74) is -0.158. The first-order chi connectivity index (χ1) is 13.2. The third kappa shape index (κ3) is 2.87. The second-order valence-electron chi connectivity index (χ2n) is 6.25. The standard InChI is InChI=1S/C17H10Cl6O6/c1-5(24)27-8-4-9(28-6(2)25)12(29-7(3)26)11-10(8)15(20)13(18)14(19)16(11,21)17(15,22)23/h4H,1-3H3. The predicted molar refractivity (Wildman–Crippen MR) is 109 cm³/mol. The van der Waals surface area contributed by atoms with Gasteiger partial charge in [-0.05, 0) is 0 Å². The van der Waals surface area contributed by atoms with E-state index in [-0.39, 0.29) is 38.4 Å². The molecular weight excluding hydrogens is 513 g/mol. The van der Waals surface area contributed by atoms with Gasteiger partial charge in [-0.2, -0.15) is 0 Å². The summed E-state index contributed by atoms with van der Waals surface area (Å²) in [7, 11) is 0. The molecule has 0 radical (unpaired) electrons. The van der Waals surface area contributed by atoms with Crippen molar-refractivity contribution in [3.63, 3.8) is 0 Å². The Bertz CT molecular complexity index is 1020. The Balaban J connectivity index is 2.51. The highest BCUT2D eigenvalue weighted by Gasteiger charge is 2.79. The van der Waals surface area contributed by atoms with Crippen LogP contribution in [0.25, 0.3) is 0 Å². The maximum Gasteiger partial charge on any atom is 0.308 e. The summed E-state index contributed by atoms with van der Waals surface area (Å²) >= 11 is 39.3. The lowest BCUT2D eigenvalue weighted by Gasteiger charge is -2.31. The molecule has 156 valence electrons. The number of alkyl halides is 4. The average molecular weight is 523 g/mol. The fourth-order valence-electron chi connectivity index (χ4n) is 3.35. The fourth-order valence-corrected chi connectivity index (χ4v) is 6.04. The van der Waals surface area contributed by atoms with Crippen LogP contribution in [0.15, 0.2) is 16.1 Å². The third-order valence-electron chi connectivity index (χ3n) is 4.31. The number of rotatable bonds is 3. The molecule has 2 bridgehead atoms. The predicted octanol–water partition coefficient (Wildman–Crippen LogP) is 5.22. The maximum atomic E-state index is 11.8. The maximum absolute atomic E-state index is 11.8. The Morgan fingerprint density at radius 1 is 0.724 bits per heavy atom. The van der Waals surface area contributed by atoms with Crippen molar-refractivity contribution in [1.82, 2.24) is 0 Å². The molecule has 0 saturated heterocycles. The summed E-state index contributed by atoms with van der Waals surface area (Å²) in [6.07, 6.45) is 0. The van der Waals surface area contributed by atoms with Crippen LogP contribution in [0.1, 0.15) is 31.9 Å². The van der Waals surface area contributed by atoms with E-state index in [1.54, 1.807) is 0 Å². The summed E-state index contributed by atoms with van der Waals surface area (Å²) < 4.78 is 13.5. The molecule has 6 nitrogen and oxygen atoms in total. The Hall–Kier alpha value is -0.890. The highest BCUT2D eigenvalue weighted by Crippen LogP contribution is 2.80. The number of halogens is 6. The molecule has 0 aromatic heterocycles. The van der Waals surface area contributed by atoms with Crippen LogP contribution >= 0.6 is 69.6 Å². The van der Waals surface area contributed by atoms with Gasteiger partial charge >= 0.3 is 17.9 Å². The van der Waals surface area contributed by atoms with E-state index >= 15 is 0 Å². The average Bonchev–Trinajstić information content (AvgIpc) is 2.77. The van der Waals surface area contributed by atoms with Crippen LogP contribution in [0.3, 0.4) is 0 Å². The van der Waals surface area contributed by atoms with Gasteiger partial charge in [-0.25, -0.2) is 0 Å². The van der Waals surface area contributed by atoms with Crippen molar-refractivity contribution in [2.24, 2.45) is 0 Å². The second-order valence-corrected chi connectivity index (χ2v) is 9.47. The molecule has 2 aliphatic rings. The van der Waals surface area contributed by atoms with Crippen molar-refractivity contribution in [3.8, 4) is 17.2 Å². The van der Waals surface area contributed by atoms with Gasteiger partial charge in [0, 0.05) is 38.0 Å². The number of fused-ring (bicyclic) bond motifs is 5. The molecule has 1 aromatic rings. The molecule has 2 unspecified atom stereocenters. The van der Waals surface area contributed by atoms with Crippen LogP contribution in [0.2, 0.25) is 0 Å². The van der Waals surface area contributed by atoms with E-state index in [1.165, 1.54) is 0 Å². The number of ether oxygens (including phenoxy) is 3. The number of carbonyl (C=O) groups excluding carboxylic acids is 3. The topological polar surface area (TPSA) is 78.9 Å². The van der Waals surface area contributed by atoms with E-state index < -0.39 is 32.0 Å². The van der Waals surface area contributed by atoms with Crippen molar-refractivity contribution >= 4 is 87.5 Å². The fraction of sp³-hybridized carbons (Fsp3) is 0.353. The first-order valence-corrected chi connectivity index (χ1v) is 10.1. The molecule has 0 fully saturated rings. The highest BCUT2D eigenvalue weighted by atomic mass is 35.5. The van der Waals surface area contributed by atoms with Crippen LogP contribution in [-0.2, 0) is 24.1 Å². The molecule has 12 heteroatoms. The number of hydrogen-bond acceptors (Lipinski definition) is 6. The van der Waals surface area contributed by atoms with Crippen LogP contribution < -0.4 is 14.2 Å². The van der Waals surface area contributed by atoms with Gasteiger partial charge in [-0.1, -0.05) is 46.4 Å². The first-order valence-electron chi connectivity index (χ1n) is 7.80. The van der Waals surface area contributed by atoms with Crippen molar-refractivity contribution in [3.05, 3.63) is 27.3 Å².